The number of nitrogens with one attached hydrogen (secondary N) is 1. The van der Waals surface area contributed by atoms with Gasteiger partial charge in [0.15, 0.2) is 0 Å². The number of nitrogens with zero attached hydrogens (tertiary/aromatic N) is 1. The van der Waals surface area contributed by atoms with Gasteiger partial charge in [0.2, 0.25) is 0 Å². The Hall–Kier alpha value is -1.81. The van der Waals surface area contributed by atoms with Gasteiger partial charge in [0, 0.05) is 30.5 Å². The number of rotatable bonds is 4. The van der Waals surface area contributed by atoms with Gasteiger partial charge in [-0.05, 0) is 36.8 Å². The Bertz CT molecular complexity index is 494. The van der Waals surface area contributed by atoms with E-state index < -0.39 is 11.6 Å². The molecule has 1 aromatic heterocycles. The summed E-state index contributed by atoms with van der Waals surface area (Å²) in [7, 11) is 0. The minimum atomic E-state index is -0.523. The maximum absolute atomic E-state index is 13.5. The van der Waals surface area contributed by atoms with Crippen molar-refractivity contribution < 1.29 is 8.78 Å². The van der Waals surface area contributed by atoms with Crippen molar-refractivity contribution in [1.29, 1.82) is 0 Å². The van der Waals surface area contributed by atoms with Crippen LogP contribution in [0.3, 0.4) is 0 Å². The molecule has 0 aliphatic carbocycles. The van der Waals surface area contributed by atoms with Crippen LogP contribution in [-0.4, -0.2) is 4.98 Å². The standard InChI is InChI=1S/C14H14F2N2/c1-10(14-12(15)3-2-4-13(14)16)18-9-11-5-7-17-8-6-11/h2-8,10,18H,9H2,1H3. The Morgan fingerprint density at radius 1 is 1.11 bits per heavy atom. The third kappa shape index (κ3) is 2.90. The molecule has 94 valence electrons. The van der Waals surface area contributed by atoms with Gasteiger partial charge in [-0.25, -0.2) is 8.78 Å². The average molecular weight is 248 g/mol. The first-order valence-electron chi connectivity index (χ1n) is 5.74. The summed E-state index contributed by atoms with van der Waals surface area (Å²) < 4.78 is 27.1. The predicted octanol–water partition coefficient (Wildman–Crippen LogP) is 3.21. The number of pyridine rings is 1. The molecule has 2 nitrogen and oxygen atoms in total. The zero-order valence-electron chi connectivity index (χ0n) is 10.0. The van der Waals surface area contributed by atoms with Gasteiger partial charge in [0.1, 0.15) is 11.6 Å². The van der Waals surface area contributed by atoms with Crippen molar-refractivity contribution in [3.05, 3.63) is 65.5 Å². The summed E-state index contributed by atoms with van der Waals surface area (Å²) >= 11 is 0. The van der Waals surface area contributed by atoms with Crippen molar-refractivity contribution in [2.45, 2.75) is 19.5 Å². The highest BCUT2D eigenvalue weighted by molar-refractivity contribution is 5.23. The van der Waals surface area contributed by atoms with Crippen LogP contribution in [0, 0.1) is 11.6 Å². The van der Waals surface area contributed by atoms with Gasteiger partial charge in [0.25, 0.3) is 0 Å². The minimum absolute atomic E-state index is 0.0755. The maximum Gasteiger partial charge on any atom is 0.130 e. The smallest absolute Gasteiger partial charge is 0.130 e. The third-order valence-corrected chi connectivity index (χ3v) is 2.79. The van der Waals surface area contributed by atoms with E-state index >= 15 is 0 Å². The van der Waals surface area contributed by atoms with Gasteiger partial charge in [0.05, 0.1) is 0 Å². The minimum Gasteiger partial charge on any atom is -0.306 e. The molecule has 1 unspecified atom stereocenters. The van der Waals surface area contributed by atoms with Crippen molar-refractivity contribution in [1.82, 2.24) is 10.3 Å². The molecule has 1 N–H and O–H groups in total. The molecular weight excluding hydrogens is 234 g/mol. The highest BCUT2D eigenvalue weighted by Crippen LogP contribution is 2.20. The quantitative estimate of drug-likeness (QED) is 0.898. The van der Waals surface area contributed by atoms with Crippen LogP contribution in [0.1, 0.15) is 24.1 Å². The molecule has 0 saturated heterocycles. The lowest BCUT2D eigenvalue weighted by Gasteiger charge is -2.15. The first-order chi connectivity index (χ1) is 8.68. The van der Waals surface area contributed by atoms with E-state index in [-0.39, 0.29) is 11.6 Å². The van der Waals surface area contributed by atoms with E-state index in [9.17, 15) is 8.78 Å². The van der Waals surface area contributed by atoms with Crippen LogP contribution in [0.25, 0.3) is 0 Å². The Balaban J connectivity index is 2.06. The van der Waals surface area contributed by atoms with E-state index in [0.717, 1.165) is 5.56 Å². The first kappa shape index (κ1) is 12.6. The van der Waals surface area contributed by atoms with Gasteiger partial charge in [-0.2, -0.15) is 0 Å². The second kappa shape index (κ2) is 5.69. The van der Waals surface area contributed by atoms with Crippen molar-refractivity contribution in [2.24, 2.45) is 0 Å². The van der Waals surface area contributed by atoms with Crippen LogP contribution in [0.4, 0.5) is 8.78 Å². The van der Waals surface area contributed by atoms with Crippen molar-refractivity contribution >= 4 is 0 Å². The molecule has 1 aromatic carbocycles. The molecule has 0 spiro atoms. The summed E-state index contributed by atoms with van der Waals surface area (Å²) in [6.07, 6.45) is 3.37. The number of halogens is 2. The molecule has 0 amide bonds. The Morgan fingerprint density at radius 3 is 2.33 bits per heavy atom. The molecule has 1 heterocycles. The molecule has 0 saturated carbocycles. The van der Waals surface area contributed by atoms with Crippen LogP contribution >= 0.6 is 0 Å². The zero-order valence-corrected chi connectivity index (χ0v) is 10.0. The fraction of sp³-hybridized carbons (Fsp3) is 0.214. The highest BCUT2D eigenvalue weighted by atomic mass is 19.1. The lowest BCUT2D eigenvalue weighted by Crippen LogP contribution is -2.20. The monoisotopic (exact) mass is 248 g/mol. The molecule has 0 radical (unpaired) electrons. The largest absolute Gasteiger partial charge is 0.306 e. The van der Waals surface area contributed by atoms with Crippen LogP contribution in [0.15, 0.2) is 42.7 Å². The van der Waals surface area contributed by atoms with E-state index in [1.54, 1.807) is 19.3 Å². The Kier molecular flexibility index (Phi) is 3.99. The summed E-state index contributed by atoms with van der Waals surface area (Å²) in [5, 5.41) is 3.09. The molecule has 0 bridgehead atoms. The molecule has 0 aliphatic heterocycles. The van der Waals surface area contributed by atoms with E-state index in [0.29, 0.717) is 6.54 Å². The van der Waals surface area contributed by atoms with Crippen molar-refractivity contribution in [3.8, 4) is 0 Å². The summed E-state index contributed by atoms with van der Waals surface area (Å²) in [6, 6.07) is 7.23. The average Bonchev–Trinajstić information content (AvgIpc) is 2.37. The molecule has 18 heavy (non-hydrogen) atoms. The molecule has 1 atom stereocenters. The topological polar surface area (TPSA) is 24.9 Å². The van der Waals surface area contributed by atoms with E-state index in [1.807, 2.05) is 12.1 Å². The third-order valence-electron chi connectivity index (χ3n) is 2.79. The lowest BCUT2D eigenvalue weighted by molar-refractivity contribution is 0.487. The predicted molar refractivity (Wildman–Crippen MR) is 65.8 cm³/mol. The van der Waals surface area contributed by atoms with Crippen LogP contribution in [-0.2, 0) is 6.54 Å². The number of benzene rings is 1. The van der Waals surface area contributed by atoms with Crippen LogP contribution < -0.4 is 5.32 Å². The van der Waals surface area contributed by atoms with Gasteiger partial charge in [-0.1, -0.05) is 6.07 Å². The Labute approximate surface area is 105 Å². The maximum atomic E-state index is 13.5. The first-order valence-corrected chi connectivity index (χ1v) is 5.74. The number of hydrogen-bond acceptors (Lipinski definition) is 2. The SMILES string of the molecule is CC(NCc1ccncc1)c1c(F)cccc1F. The summed E-state index contributed by atoms with van der Waals surface area (Å²) in [5.41, 5.74) is 1.10. The molecule has 0 aliphatic rings. The fourth-order valence-corrected chi connectivity index (χ4v) is 1.80. The van der Waals surface area contributed by atoms with Crippen molar-refractivity contribution in [2.75, 3.05) is 0 Å². The van der Waals surface area contributed by atoms with Crippen LogP contribution in [0.5, 0.6) is 0 Å². The Morgan fingerprint density at radius 2 is 1.72 bits per heavy atom. The second-order valence-corrected chi connectivity index (χ2v) is 4.09. The summed E-state index contributed by atoms with van der Waals surface area (Å²) in [4.78, 5) is 3.91. The van der Waals surface area contributed by atoms with Crippen LogP contribution in [0.2, 0.25) is 0 Å². The van der Waals surface area contributed by atoms with E-state index in [4.69, 9.17) is 0 Å². The zero-order chi connectivity index (χ0) is 13.0. The van der Waals surface area contributed by atoms with E-state index in [2.05, 4.69) is 10.3 Å². The van der Waals surface area contributed by atoms with Crippen molar-refractivity contribution in [3.63, 3.8) is 0 Å². The van der Waals surface area contributed by atoms with Gasteiger partial charge in [-0.15, -0.1) is 0 Å². The molecule has 4 heteroatoms. The summed E-state index contributed by atoms with van der Waals surface area (Å²) in [6.45, 7) is 2.28. The molecule has 0 fully saturated rings. The molecular formula is C14H14F2N2. The number of hydrogen-bond donors (Lipinski definition) is 1. The summed E-state index contributed by atoms with van der Waals surface area (Å²) in [5.74, 6) is -1.05. The second-order valence-electron chi connectivity index (χ2n) is 4.09. The fourth-order valence-electron chi connectivity index (χ4n) is 1.80. The van der Waals surface area contributed by atoms with Gasteiger partial charge < -0.3 is 5.32 Å². The lowest BCUT2D eigenvalue weighted by atomic mass is 10.1. The number of aromatic nitrogens is 1. The van der Waals surface area contributed by atoms with E-state index in [1.165, 1.54) is 18.2 Å². The highest BCUT2D eigenvalue weighted by Gasteiger charge is 2.15. The van der Waals surface area contributed by atoms with Gasteiger partial charge >= 0.3 is 0 Å². The molecule has 2 rings (SSSR count). The molecule has 2 aromatic rings. The van der Waals surface area contributed by atoms with Gasteiger partial charge in [-0.3, -0.25) is 4.98 Å². The normalized spacial score (nSPS) is 12.4.